The molecule has 0 radical (unpaired) electrons. The van der Waals surface area contributed by atoms with Crippen molar-refractivity contribution in [2.45, 2.75) is 19.3 Å². The molecule has 0 unspecified atom stereocenters. The maximum Gasteiger partial charge on any atom is 0.341 e. The number of carboxylic acid groups (broad SMARTS) is 1. The molecule has 20 heavy (non-hydrogen) atoms. The summed E-state index contributed by atoms with van der Waals surface area (Å²) in [6.07, 6.45) is 1.16. The number of nitrogens with one attached hydrogen (secondary N) is 2. The molecule has 2 rings (SSSR count). The van der Waals surface area contributed by atoms with Crippen molar-refractivity contribution >= 4 is 17.7 Å². The standard InChI is InChI=1S/C14H15N3O3/c1-14(2,9-6-4-3-5-7-9)13(20)16-11-10(12(18)19)8-15-17-11/h3-8H,1-2H3,(H,18,19)(H2,15,16,17,20). The van der Waals surface area contributed by atoms with E-state index in [1.807, 2.05) is 30.3 Å². The third-order valence-corrected chi connectivity index (χ3v) is 3.17. The van der Waals surface area contributed by atoms with E-state index in [-0.39, 0.29) is 17.3 Å². The Labute approximate surface area is 115 Å². The van der Waals surface area contributed by atoms with E-state index in [2.05, 4.69) is 15.5 Å². The maximum atomic E-state index is 12.4. The van der Waals surface area contributed by atoms with Crippen LogP contribution in [0.4, 0.5) is 5.82 Å². The number of H-pyrrole nitrogens is 1. The second-order valence-corrected chi connectivity index (χ2v) is 4.91. The summed E-state index contributed by atoms with van der Waals surface area (Å²) in [4.78, 5) is 23.3. The number of carbonyl (C=O) groups excluding carboxylic acids is 1. The Hall–Kier alpha value is -2.63. The van der Waals surface area contributed by atoms with E-state index in [1.165, 1.54) is 0 Å². The van der Waals surface area contributed by atoms with Crippen LogP contribution in [0.5, 0.6) is 0 Å². The average molecular weight is 273 g/mol. The zero-order chi connectivity index (χ0) is 14.8. The topological polar surface area (TPSA) is 95.1 Å². The lowest BCUT2D eigenvalue weighted by atomic mass is 9.84. The molecule has 6 nitrogen and oxygen atoms in total. The normalized spacial score (nSPS) is 11.1. The molecule has 6 heteroatoms. The first-order valence-corrected chi connectivity index (χ1v) is 6.06. The van der Waals surface area contributed by atoms with Gasteiger partial charge in [-0.1, -0.05) is 30.3 Å². The van der Waals surface area contributed by atoms with Gasteiger partial charge >= 0.3 is 5.97 Å². The number of aromatic amines is 1. The summed E-state index contributed by atoms with van der Waals surface area (Å²) in [6, 6.07) is 9.27. The second kappa shape index (κ2) is 5.16. The van der Waals surface area contributed by atoms with Crippen molar-refractivity contribution in [3.63, 3.8) is 0 Å². The van der Waals surface area contributed by atoms with E-state index in [0.717, 1.165) is 11.8 Å². The van der Waals surface area contributed by atoms with Gasteiger partial charge in [-0.25, -0.2) is 4.79 Å². The molecule has 0 fully saturated rings. The molecule has 0 aliphatic heterocycles. The summed E-state index contributed by atoms with van der Waals surface area (Å²) >= 11 is 0. The summed E-state index contributed by atoms with van der Waals surface area (Å²) in [6.45, 7) is 3.54. The highest BCUT2D eigenvalue weighted by molar-refractivity contribution is 6.02. The third kappa shape index (κ3) is 2.54. The number of carboxylic acids is 1. The molecule has 0 bridgehead atoms. The lowest BCUT2D eigenvalue weighted by molar-refractivity contribution is -0.120. The van der Waals surface area contributed by atoms with E-state index in [4.69, 9.17) is 5.11 Å². The fraction of sp³-hybridized carbons (Fsp3) is 0.214. The Morgan fingerprint density at radius 2 is 1.90 bits per heavy atom. The first-order valence-electron chi connectivity index (χ1n) is 6.06. The number of carbonyl (C=O) groups is 2. The lowest BCUT2D eigenvalue weighted by Crippen LogP contribution is -2.35. The first-order chi connectivity index (χ1) is 9.43. The van der Waals surface area contributed by atoms with E-state index in [9.17, 15) is 9.59 Å². The van der Waals surface area contributed by atoms with Gasteiger partial charge in [0.25, 0.3) is 0 Å². The summed E-state index contributed by atoms with van der Waals surface area (Å²) in [7, 11) is 0. The van der Waals surface area contributed by atoms with E-state index in [0.29, 0.717) is 0 Å². The summed E-state index contributed by atoms with van der Waals surface area (Å²) < 4.78 is 0. The largest absolute Gasteiger partial charge is 0.477 e. The van der Waals surface area contributed by atoms with Crippen LogP contribution in [-0.4, -0.2) is 27.2 Å². The zero-order valence-corrected chi connectivity index (χ0v) is 11.2. The number of amides is 1. The van der Waals surface area contributed by atoms with Crippen LogP contribution in [0, 0.1) is 0 Å². The summed E-state index contributed by atoms with van der Waals surface area (Å²) in [5.41, 5.74) is -0.0154. The van der Waals surface area contributed by atoms with Crippen molar-refractivity contribution in [2.24, 2.45) is 0 Å². The molecular formula is C14H15N3O3. The van der Waals surface area contributed by atoms with Gasteiger partial charge in [0.15, 0.2) is 0 Å². The molecule has 104 valence electrons. The van der Waals surface area contributed by atoms with Gasteiger partial charge in [-0.3, -0.25) is 9.89 Å². The minimum atomic E-state index is -1.15. The fourth-order valence-electron chi connectivity index (χ4n) is 1.80. The Bertz CT molecular complexity index is 632. The minimum Gasteiger partial charge on any atom is -0.477 e. The predicted molar refractivity (Wildman–Crippen MR) is 73.6 cm³/mol. The van der Waals surface area contributed by atoms with E-state index >= 15 is 0 Å². The molecule has 2 aromatic rings. The number of anilines is 1. The molecule has 0 aliphatic carbocycles. The van der Waals surface area contributed by atoms with E-state index < -0.39 is 11.4 Å². The van der Waals surface area contributed by atoms with Crippen molar-refractivity contribution in [3.05, 3.63) is 47.7 Å². The van der Waals surface area contributed by atoms with Gasteiger partial charge in [0, 0.05) is 0 Å². The molecule has 0 saturated heterocycles. The van der Waals surface area contributed by atoms with Crippen LogP contribution < -0.4 is 5.32 Å². The van der Waals surface area contributed by atoms with E-state index in [1.54, 1.807) is 13.8 Å². The molecule has 0 atom stereocenters. The molecule has 1 amide bonds. The average Bonchev–Trinajstić information content (AvgIpc) is 2.88. The Morgan fingerprint density at radius 1 is 1.25 bits per heavy atom. The van der Waals surface area contributed by atoms with Gasteiger partial charge in [0.1, 0.15) is 11.4 Å². The maximum absolute atomic E-state index is 12.4. The van der Waals surface area contributed by atoms with Crippen molar-refractivity contribution in [2.75, 3.05) is 5.32 Å². The first kappa shape index (κ1) is 13.8. The number of nitrogens with zero attached hydrogens (tertiary/aromatic N) is 1. The highest BCUT2D eigenvalue weighted by atomic mass is 16.4. The Morgan fingerprint density at radius 3 is 2.50 bits per heavy atom. The van der Waals surface area contributed by atoms with Gasteiger partial charge in [0.05, 0.1) is 11.6 Å². The number of hydrogen-bond acceptors (Lipinski definition) is 3. The van der Waals surface area contributed by atoms with Gasteiger partial charge in [-0.2, -0.15) is 5.10 Å². The highest BCUT2D eigenvalue weighted by Gasteiger charge is 2.30. The van der Waals surface area contributed by atoms with Crippen LogP contribution in [0.15, 0.2) is 36.5 Å². The van der Waals surface area contributed by atoms with Gasteiger partial charge in [-0.15, -0.1) is 0 Å². The minimum absolute atomic E-state index is 0.0674. The summed E-state index contributed by atoms with van der Waals surface area (Å²) in [5, 5.41) is 17.7. The zero-order valence-electron chi connectivity index (χ0n) is 11.2. The second-order valence-electron chi connectivity index (χ2n) is 4.91. The SMILES string of the molecule is CC(C)(C(=O)Nc1[nH]ncc1C(=O)O)c1ccccc1. The molecule has 0 saturated carbocycles. The number of aromatic nitrogens is 2. The Balaban J connectivity index is 2.24. The molecule has 1 heterocycles. The van der Waals surface area contributed by atoms with Crippen LogP contribution in [0.3, 0.4) is 0 Å². The Kier molecular flexibility index (Phi) is 3.56. The monoisotopic (exact) mass is 273 g/mol. The van der Waals surface area contributed by atoms with Crippen molar-refractivity contribution in [3.8, 4) is 0 Å². The number of aromatic carboxylic acids is 1. The molecular weight excluding hydrogens is 258 g/mol. The van der Waals surface area contributed by atoms with Gasteiger partial charge < -0.3 is 10.4 Å². The predicted octanol–water partition coefficient (Wildman–Crippen LogP) is 2.02. The molecule has 0 spiro atoms. The van der Waals surface area contributed by atoms with Crippen LogP contribution in [-0.2, 0) is 10.2 Å². The van der Waals surface area contributed by atoms with Crippen LogP contribution in [0.1, 0.15) is 29.8 Å². The quantitative estimate of drug-likeness (QED) is 0.794. The number of hydrogen-bond donors (Lipinski definition) is 3. The van der Waals surface area contributed by atoms with Crippen LogP contribution >= 0.6 is 0 Å². The van der Waals surface area contributed by atoms with Gasteiger partial charge in [0.2, 0.25) is 5.91 Å². The lowest BCUT2D eigenvalue weighted by Gasteiger charge is -2.23. The molecule has 1 aromatic carbocycles. The number of benzene rings is 1. The molecule has 1 aromatic heterocycles. The van der Waals surface area contributed by atoms with Crippen LogP contribution in [0.25, 0.3) is 0 Å². The third-order valence-electron chi connectivity index (χ3n) is 3.17. The number of rotatable bonds is 4. The fourth-order valence-corrected chi connectivity index (χ4v) is 1.80. The van der Waals surface area contributed by atoms with Crippen molar-refractivity contribution in [1.82, 2.24) is 10.2 Å². The van der Waals surface area contributed by atoms with Crippen molar-refractivity contribution in [1.29, 1.82) is 0 Å². The summed E-state index contributed by atoms with van der Waals surface area (Å²) in [5.74, 6) is -1.37. The molecule has 3 N–H and O–H groups in total. The van der Waals surface area contributed by atoms with Crippen LogP contribution in [0.2, 0.25) is 0 Å². The van der Waals surface area contributed by atoms with Gasteiger partial charge in [-0.05, 0) is 19.4 Å². The highest BCUT2D eigenvalue weighted by Crippen LogP contribution is 2.25. The molecule has 0 aliphatic rings. The smallest absolute Gasteiger partial charge is 0.341 e. The van der Waals surface area contributed by atoms with Crippen molar-refractivity contribution < 1.29 is 14.7 Å².